The van der Waals surface area contributed by atoms with E-state index < -0.39 is 17.9 Å². The van der Waals surface area contributed by atoms with Crippen molar-refractivity contribution in [3.63, 3.8) is 0 Å². The molecule has 0 saturated heterocycles. The smallest absolute Gasteiger partial charge is 0.357 e. The van der Waals surface area contributed by atoms with Gasteiger partial charge in [0.15, 0.2) is 0 Å². The van der Waals surface area contributed by atoms with Crippen molar-refractivity contribution in [2.24, 2.45) is 0 Å². The molecule has 0 bridgehead atoms. The number of hydrogen-bond acceptors (Lipinski definition) is 3. The minimum atomic E-state index is -4.47. The molecule has 1 N–H and O–H groups in total. The summed E-state index contributed by atoms with van der Waals surface area (Å²) >= 11 is 0. The van der Waals surface area contributed by atoms with Crippen LogP contribution in [0.25, 0.3) is 0 Å². The molecule has 3 aromatic rings. The molecule has 8 heteroatoms. The second-order valence-electron chi connectivity index (χ2n) is 9.07. The monoisotopic (exact) mass is 499 g/mol. The van der Waals surface area contributed by atoms with Crippen molar-refractivity contribution >= 4 is 11.6 Å². The van der Waals surface area contributed by atoms with Crippen LogP contribution in [0, 0.1) is 5.82 Å². The minimum Gasteiger partial charge on any atom is -0.357 e. The van der Waals surface area contributed by atoms with Crippen molar-refractivity contribution < 1.29 is 22.4 Å². The van der Waals surface area contributed by atoms with E-state index >= 15 is 0 Å². The Labute approximate surface area is 208 Å². The topological polar surface area (TPSA) is 45.2 Å². The van der Waals surface area contributed by atoms with Gasteiger partial charge in [-0.25, -0.2) is 4.39 Å². The van der Waals surface area contributed by atoms with Crippen molar-refractivity contribution in [1.29, 1.82) is 0 Å². The second-order valence-corrected chi connectivity index (χ2v) is 9.07. The van der Waals surface area contributed by atoms with E-state index in [1.807, 2.05) is 11.0 Å². The standard InChI is InChI=1S/C28H29F4N3O/c1-33-27(36)26(21-9-12-23(29)13-10-21)35(24-14-11-20-6-2-3-7-22(20)17-24)16-4-5-19-8-15-25(34-18-19)28(30,31)32/h8-15,17-18,26H,2-7,16H2,1H3,(H,33,36)/t26-/m0/s1. The van der Waals surface area contributed by atoms with E-state index in [1.54, 1.807) is 19.2 Å². The molecule has 190 valence electrons. The Morgan fingerprint density at radius 2 is 1.75 bits per heavy atom. The fourth-order valence-electron chi connectivity index (χ4n) is 4.75. The molecule has 4 rings (SSSR count). The maximum absolute atomic E-state index is 13.6. The number of carbonyl (C=O) groups excluding carboxylic acids is 1. The fraction of sp³-hybridized carbons (Fsp3) is 0.357. The zero-order valence-electron chi connectivity index (χ0n) is 20.1. The quantitative estimate of drug-likeness (QED) is 0.384. The number of anilines is 1. The zero-order chi connectivity index (χ0) is 25.7. The van der Waals surface area contributed by atoms with Crippen LogP contribution in [-0.4, -0.2) is 24.5 Å². The normalized spacial score (nSPS) is 14.1. The Balaban J connectivity index is 1.62. The Morgan fingerprint density at radius 1 is 1.03 bits per heavy atom. The van der Waals surface area contributed by atoms with Gasteiger partial charge in [0.2, 0.25) is 5.91 Å². The summed E-state index contributed by atoms with van der Waals surface area (Å²) in [6.45, 7) is 0.468. The van der Waals surface area contributed by atoms with Gasteiger partial charge in [0, 0.05) is 25.5 Å². The highest BCUT2D eigenvalue weighted by Crippen LogP contribution is 2.32. The number of fused-ring (bicyclic) bond motifs is 1. The summed E-state index contributed by atoms with van der Waals surface area (Å²) in [5.74, 6) is -0.611. The number of carbonyl (C=O) groups is 1. The molecule has 36 heavy (non-hydrogen) atoms. The Kier molecular flexibility index (Phi) is 7.91. The average Bonchev–Trinajstić information content (AvgIpc) is 2.88. The third-order valence-corrected chi connectivity index (χ3v) is 6.64. The molecule has 0 saturated carbocycles. The van der Waals surface area contributed by atoms with Crippen LogP contribution in [0.4, 0.5) is 23.2 Å². The number of alkyl halides is 3. The van der Waals surface area contributed by atoms with Gasteiger partial charge in [-0.05, 0) is 91.1 Å². The van der Waals surface area contributed by atoms with Crippen molar-refractivity contribution in [1.82, 2.24) is 10.3 Å². The molecule has 1 aliphatic rings. The highest BCUT2D eigenvalue weighted by Gasteiger charge is 2.32. The summed E-state index contributed by atoms with van der Waals surface area (Å²) in [5.41, 5.74) is 3.90. The maximum Gasteiger partial charge on any atom is 0.433 e. The first kappa shape index (κ1) is 25.7. The number of aryl methyl sites for hydroxylation is 3. The summed E-state index contributed by atoms with van der Waals surface area (Å²) in [4.78, 5) is 18.6. The molecular weight excluding hydrogens is 470 g/mol. The number of amides is 1. The molecule has 1 heterocycles. The Hall–Kier alpha value is -3.42. The van der Waals surface area contributed by atoms with Crippen LogP contribution in [-0.2, 0) is 30.2 Å². The molecule has 1 aliphatic carbocycles. The van der Waals surface area contributed by atoms with Crippen molar-refractivity contribution in [2.45, 2.75) is 50.7 Å². The predicted octanol–water partition coefficient (Wildman–Crippen LogP) is 6.04. The SMILES string of the molecule is CNC(=O)[C@H](c1ccc(F)cc1)N(CCCc1ccc(C(F)(F)F)nc1)c1ccc2c(c1)CCCC2. The molecule has 0 radical (unpaired) electrons. The number of pyridine rings is 1. The first-order valence-corrected chi connectivity index (χ1v) is 12.1. The molecule has 0 spiro atoms. The lowest BCUT2D eigenvalue weighted by molar-refractivity contribution is -0.141. The van der Waals surface area contributed by atoms with Gasteiger partial charge in [-0.15, -0.1) is 0 Å². The van der Waals surface area contributed by atoms with Crippen molar-refractivity contribution in [3.8, 4) is 0 Å². The van der Waals surface area contributed by atoms with Crippen molar-refractivity contribution in [3.05, 3.63) is 94.6 Å². The van der Waals surface area contributed by atoms with Gasteiger partial charge < -0.3 is 10.2 Å². The predicted molar refractivity (Wildman–Crippen MR) is 131 cm³/mol. The molecule has 0 unspecified atom stereocenters. The van der Waals surface area contributed by atoms with Crippen LogP contribution < -0.4 is 10.2 Å². The second kappa shape index (κ2) is 11.1. The summed E-state index contributed by atoms with van der Waals surface area (Å²) < 4.78 is 52.2. The zero-order valence-corrected chi connectivity index (χ0v) is 20.1. The van der Waals surface area contributed by atoms with Crippen molar-refractivity contribution in [2.75, 3.05) is 18.5 Å². The van der Waals surface area contributed by atoms with Gasteiger partial charge >= 0.3 is 6.18 Å². The Bertz CT molecular complexity index is 1180. The van der Waals surface area contributed by atoms with E-state index in [1.165, 1.54) is 35.5 Å². The molecule has 0 aliphatic heterocycles. The number of benzene rings is 2. The van der Waals surface area contributed by atoms with Gasteiger partial charge in [-0.2, -0.15) is 13.2 Å². The number of rotatable bonds is 8. The molecule has 0 fully saturated rings. The minimum absolute atomic E-state index is 0.226. The first-order chi connectivity index (χ1) is 17.3. The average molecular weight is 500 g/mol. The number of nitrogens with one attached hydrogen (secondary N) is 1. The number of halogens is 4. The maximum atomic E-state index is 13.6. The number of nitrogens with zero attached hydrogens (tertiary/aromatic N) is 2. The van der Waals surface area contributed by atoms with Crippen LogP contribution in [0.5, 0.6) is 0 Å². The number of aromatic nitrogens is 1. The molecule has 2 aromatic carbocycles. The lowest BCUT2D eigenvalue weighted by Gasteiger charge is -2.34. The lowest BCUT2D eigenvalue weighted by Crippen LogP contribution is -2.40. The van der Waals surface area contributed by atoms with E-state index in [0.717, 1.165) is 37.4 Å². The summed E-state index contributed by atoms with van der Waals surface area (Å²) in [6, 6.07) is 13.9. The third-order valence-electron chi connectivity index (χ3n) is 6.64. The largest absolute Gasteiger partial charge is 0.433 e. The summed E-state index contributed by atoms with van der Waals surface area (Å²) in [6.07, 6.45) is 2.15. The van der Waals surface area contributed by atoms with E-state index in [9.17, 15) is 22.4 Å². The van der Waals surface area contributed by atoms with Gasteiger partial charge in [0.05, 0.1) is 0 Å². The van der Waals surface area contributed by atoms with Gasteiger partial charge in [-0.3, -0.25) is 9.78 Å². The molecule has 1 aromatic heterocycles. The number of likely N-dealkylation sites (N-methyl/N-ethyl adjacent to an activating group) is 1. The van der Waals surface area contributed by atoms with E-state index in [4.69, 9.17) is 0 Å². The van der Waals surface area contributed by atoms with Crippen LogP contribution in [0.1, 0.15) is 53.3 Å². The van der Waals surface area contributed by atoms with Gasteiger partial charge in [-0.1, -0.05) is 24.3 Å². The highest BCUT2D eigenvalue weighted by molar-refractivity contribution is 5.86. The first-order valence-electron chi connectivity index (χ1n) is 12.1. The summed E-state index contributed by atoms with van der Waals surface area (Å²) in [7, 11) is 1.57. The third kappa shape index (κ3) is 6.04. The van der Waals surface area contributed by atoms with E-state index in [0.29, 0.717) is 30.5 Å². The lowest BCUT2D eigenvalue weighted by atomic mass is 9.91. The van der Waals surface area contributed by atoms with Gasteiger partial charge in [0.25, 0.3) is 0 Å². The molecule has 4 nitrogen and oxygen atoms in total. The van der Waals surface area contributed by atoms with E-state index in [2.05, 4.69) is 22.4 Å². The molecule has 1 atom stereocenters. The van der Waals surface area contributed by atoms with Crippen LogP contribution in [0.2, 0.25) is 0 Å². The van der Waals surface area contributed by atoms with Crippen LogP contribution in [0.3, 0.4) is 0 Å². The van der Waals surface area contributed by atoms with E-state index in [-0.39, 0.29) is 11.7 Å². The number of hydrogen-bond donors (Lipinski definition) is 1. The molecule has 1 amide bonds. The van der Waals surface area contributed by atoms with Crippen LogP contribution in [0.15, 0.2) is 60.8 Å². The van der Waals surface area contributed by atoms with Crippen LogP contribution >= 0.6 is 0 Å². The molecular formula is C28H29F4N3O. The summed E-state index contributed by atoms with van der Waals surface area (Å²) in [5, 5.41) is 2.73. The van der Waals surface area contributed by atoms with Gasteiger partial charge in [0.1, 0.15) is 17.6 Å². The Morgan fingerprint density at radius 3 is 2.39 bits per heavy atom. The highest BCUT2D eigenvalue weighted by atomic mass is 19.4. The fourth-order valence-corrected chi connectivity index (χ4v) is 4.75.